The second-order valence-electron chi connectivity index (χ2n) is 4.76. The number of nitrogens with zero attached hydrogens (tertiary/aromatic N) is 1. The van der Waals surface area contributed by atoms with Crippen LogP contribution in [0.15, 0.2) is 53.3 Å². The lowest BCUT2D eigenvalue weighted by Gasteiger charge is -2.00. The number of rotatable bonds is 3. The van der Waals surface area contributed by atoms with Gasteiger partial charge >= 0.3 is 0 Å². The van der Waals surface area contributed by atoms with Gasteiger partial charge < -0.3 is 4.42 Å². The molecule has 3 aromatic rings. The van der Waals surface area contributed by atoms with E-state index in [4.69, 9.17) is 4.42 Å². The Morgan fingerprint density at radius 1 is 1.19 bits per heavy atom. The third-order valence-electron chi connectivity index (χ3n) is 3.27. The van der Waals surface area contributed by atoms with Gasteiger partial charge in [0.2, 0.25) is 11.8 Å². The molecule has 1 N–H and O–H groups in total. The van der Waals surface area contributed by atoms with Gasteiger partial charge in [-0.2, -0.15) is 0 Å². The molecule has 0 spiro atoms. The van der Waals surface area contributed by atoms with Crippen molar-refractivity contribution in [1.29, 1.82) is 0 Å². The standard InChI is InChI=1S/C16H14N2O3/c1-11(19)18-10-12(13-5-2-3-6-14(13)18)9-15(20)17-16-7-4-8-21-16/h2-8,10H,9H2,1H3,(H,17,20). The van der Waals surface area contributed by atoms with Crippen LogP contribution in [0.4, 0.5) is 5.88 Å². The van der Waals surface area contributed by atoms with E-state index in [0.29, 0.717) is 5.88 Å². The van der Waals surface area contributed by atoms with Crippen LogP contribution >= 0.6 is 0 Å². The number of aromatic nitrogens is 1. The van der Waals surface area contributed by atoms with E-state index in [1.165, 1.54) is 13.2 Å². The maximum atomic E-state index is 12.0. The molecule has 106 valence electrons. The Morgan fingerprint density at radius 3 is 2.71 bits per heavy atom. The third-order valence-corrected chi connectivity index (χ3v) is 3.27. The Morgan fingerprint density at radius 2 is 2.00 bits per heavy atom. The van der Waals surface area contributed by atoms with Crippen LogP contribution in [-0.2, 0) is 11.2 Å². The SMILES string of the molecule is CC(=O)n1cc(CC(=O)Nc2ccco2)c2ccccc21. The predicted octanol–water partition coefficient (Wildman–Crippen LogP) is 3.08. The summed E-state index contributed by atoms with van der Waals surface area (Å²) in [5.74, 6) is 0.149. The first-order chi connectivity index (χ1) is 10.1. The molecule has 1 amide bonds. The molecule has 1 aromatic carbocycles. The highest BCUT2D eigenvalue weighted by molar-refractivity contribution is 5.98. The average molecular weight is 282 g/mol. The van der Waals surface area contributed by atoms with Crippen molar-refractivity contribution in [2.45, 2.75) is 13.3 Å². The fourth-order valence-corrected chi connectivity index (χ4v) is 2.36. The first-order valence-electron chi connectivity index (χ1n) is 6.58. The minimum Gasteiger partial charge on any atom is -0.449 e. The molecule has 0 unspecified atom stereocenters. The van der Waals surface area contributed by atoms with Gasteiger partial charge in [0.15, 0.2) is 5.88 Å². The van der Waals surface area contributed by atoms with Crippen LogP contribution in [0.3, 0.4) is 0 Å². The summed E-state index contributed by atoms with van der Waals surface area (Å²) in [5.41, 5.74) is 1.62. The number of carbonyl (C=O) groups excluding carboxylic acids is 2. The summed E-state index contributed by atoms with van der Waals surface area (Å²) in [6.45, 7) is 1.50. The molecule has 0 aliphatic rings. The number of benzene rings is 1. The fourth-order valence-electron chi connectivity index (χ4n) is 2.36. The number of carbonyl (C=O) groups is 2. The number of para-hydroxylation sites is 1. The van der Waals surface area contributed by atoms with E-state index in [1.54, 1.807) is 22.9 Å². The number of hydrogen-bond acceptors (Lipinski definition) is 3. The van der Waals surface area contributed by atoms with Crippen molar-refractivity contribution < 1.29 is 14.0 Å². The monoisotopic (exact) mass is 282 g/mol. The minimum absolute atomic E-state index is 0.0797. The highest BCUT2D eigenvalue weighted by Gasteiger charge is 2.14. The molecule has 0 aliphatic heterocycles. The van der Waals surface area contributed by atoms with E-state index < -0.39 is 0 Å². The van der Waals surface area contributed by atoms with Crippen LogP contribution in [0.1, 0.15) is 17.3 Å². The molecular weight excluding hydrogens is 268 g/mol. The maximum Gasteiger partial charge on any atom is 0.231 e. The van der Waals surface area contributed by atoms with Crippen LogP contribution in [0.5, 0.6) is 0 Å². The molecule has 0 fully saturated rings. The predicted molar refractivity (Wildman–Crippen MR) is 79.3 cm³/mol. The number of furan rings is 1. The van der Waals surface area contributed by atoms with Crippen LogP contribution in [0.25, 0.3) is 10.9 Å². The van der Waals surface area contributed by atoms with Gasteiger partial charge in [-0.3, -0.25) is 19.5 Å². The van der Waals surface area contributed by atoms with Crippen molar-refractivity contribution in [2.75, 3.05) is 5.32 Å². The molecule has 3 rings (SSSR count). The van der Waals surface area contributed by atoms with Crippen LogP contribution in [-0.4, -0.2) is 16.4 Å². The van der Waals surface area contributed by atoms with Crippen molar-refractivity contribution in [3.8, 4) is 0 Å². The number of hydrogen-bond donors (Lipinski definition) is 1. The zero-order chi connectivity index (χ0) is 14.8. The van der Waals surface area contributed by atoms with Gasteiger partial charge in [0.05, 0.1) is 18.2 Å². The highest BCUT2D eigenvalue weighted by atomic mass is 16.3. The summed E-state index contributed by atoms with van der Waals surface area (Å²) < 4.78 is 6.64. The highest BCUT2D eigenvalue weighted by Crippen LogP contribution is 2.22. The Balaban J connectivity index is 1.90. The van der Waals surface area contributed by atoms with E-state index in [9.17, 15) is 9.59 Å². The van der Waals surface area contributed by atoms with Gasteiger partial charge in [-0.1, -0.05) is 18.2 Å². The summed E-state index contributed by atoms with van der Waals surface area (Å²) in [7, 11) is 0. The number of amides is 1. The third kappa shape index (κ3) is 2.58. The minimum atomic E-state index is -0.184. The summed E-state index contributed by atoms with van der Waals surface area (Å²) in [4.78, 5) is 23.7. The summed E-state index contributed by atoms with van der Waals surface area (Å²) in [5, 5.41) is 3.58. The average Bonchev–Trinajstić information content (AvgIpc) is 3.07. The van der Waals surface area contributed by atoms with Crippen molar-refractivity contribution in [1.82, 2.24) is 4.57 Å². The Labute approximate surface area is 121 Å². The quantitative estimate of drug-likeness (QED) is 0.803. The normalized spacial score (nSPS) is 10.7. The molecule has 5 heteroatoms. The Hall–Kier alpha value is -2.82. The van der Waals surface area contributed by atoms with Crippen molar-refractivity contribution in [3.05, 3.63) is 54.4 Å². The van der Waals surface area contributed by atoms with Gasteiger partial charge in [-0.25, -0.2) is 0 Å². The van der Waals surface area contributed by atoms with Gasteiger partial charge in [-0.05, 0) is 17.7 Å². The largest absolute Gasteiger partial charge is 0.449 e. The number of fused-ring (bicyclic) bond motifs is 1. The molecule has 0 aliphatic carbocycles. The van der Waals surface area contributed by atoms with Gasteiger partial charge in [0.25, 0.3) is 0 Å². The molecule has 2 aromatic heterocycles. The molecule has 2 heterocycles. The molecule has 0 bridgehead atoms. The van der Waals surface area contributed by atoms with Crippen molar-refractivity contribution in [3.63, 3.8) is 0 Å². The molecule has 5 nitrogen and oxygen atoms in total. The zero-order valence-electron chi connectivity index (χ0n) is 11.5. The van der Waals surface area contributed by atoms with E-state index in [0.717, 1.165) is 16.5 Å². The van der Waals surface area contributed by atoms with E-state index in [1.807, 2.05) is 24.3 Å². The van der Waals surface area contributed by atoms with Crippen LogP contribution in [0.2, 0.25) is 0 Å². The summed E-state index contributed by atoms with van der Waals surface area (Å²) in [6.07, 6.45) is 3.40. The van der Waals surface area contributed by atoms with Gasteiger partial charge in [0, 0.05) is 24.6 Å². The first kappa shape index (κ1) is 13.2. The smallest absolute Gasteiger partial charge is 0.231 e. The molecule has 0 radical (unpaired) electrons. The molecule has 0 atom stereocenters. The molecular formula is C16H14N2O3. The van der Waals surface area contributed by atoms with Crippen LogP contribution < -0.4 is 5.32 Å². The van der Waals surface area contributed by atoms with Crippen molar-refractivity contribution in [2.24, 2.45) is 0 Å². The second-order valence-corrected chi connectivity index (χ2v) is 4.76. The first-order valence-corrected chi connectivity index (χ1v) is 6.58. The van der Waals surface area contributed by atoms with Crippen LogP contribution in [0, 0.1) is 0 Å². The number of anilines is 1. The Kier molecular flexibility index (Phi) is 3.31. The van der Waals surface area contributed by atoms with Gasteiger partial charge in [-0.15, -0.1) is 0 Å². The maximum absolute atomic E-state index is 12.0. The lowest BCUT2D eigenvalue weighted by atomic mass is 10.1. The Bertz CT molecular complexity index is 800. The van der Waals surface area contributed by atoms with Gasteiger partial charge in [0.1, 0.15) is 0 Å². The lowest BCUT2D eigenvalue weighted by molar-refractivity contribution is -0.115. The topological polar surface area (TPSA) is 64.2 Å². The number of nitrogens with one attached hydrogen (secondary N) is 1. The molecule has 0 saturated carbocycles. The fraction of sp³-hybridized carbons (Fsp3) is 0.125. The van der Waals surface area contributed by atoms with Crippen molar-refractivity contribution >= 4 is 28.6 Å². The summed E-state index contributed by atoms with van der Waals surface area (Å²) >= 11 is 0. The van der Waals surface area contributed by atoms with E-state index >= 15 is 0 Å². The zero-order valence-corrected chi connectivity index (χ0v) is 11.5. The molecule has 21 heavy (non-hydrogen) atoms. The van der Waals surface area contributed by atoms with E-state index in [2.05, 4.69) is 5.32 Å². The molecule has 0 saturated heterocycles. The lowest BCUT2D eigenvalue weighted by Crippen LogP contribution is -2.13. The van der Waals surface area contributed by atoms with E-state index in [-0.39, 0.29) is 18.2 Å². The second kappa shape index (κ2) is 5.28. The summed E-state index contributed by atoms with van der Waals surface area (Å²) in [6, 6.07) is 10.9.